The topological polar surface area (TPSA) is 124 Å². The van der Waals surface area contributed by atoms with Gasteiger partial charge in [-0.2, -0.15) is 4.98 Å². The molecule has 0 saturated carbocycles. The minimum Gasteiger partial charge on any atom is -0.381 e. The first-order chi connectivity index (χ1) is 19.4. The van der Waals surface area contributed by atoms with Gasteiger partial charge >= 0.3 is 0 Å². The van der Waals surface area contributed by atoms with Crippen molar-refractivity contribution in [1.29, 1.82) is 5.41 Å². The molecule has 2 aliphatic rings. The molecule has 2 aromatic heterocycles. The van der Waals surface area contributed by atoms with Crippen molar-refractivity contribution in [1.82, 2.24) is 15.0 Å². The van der Waals surface area contributed by atoms with Crippen LogP contribution in [0.4, 0.5) is 23.3 Å². The Morgan fingerprint density at radius 2 is 1.95 bits per heavy atom. The SMILES string of the molecule is CO[C@@H]1CCN(c2nccc(Nc3cc4c(C(C)C)ccc(N5C[C@H](CS(C)(=O)=O)[C@H]5C)c4cn3)n2)C[C@H]1C(C)=N. The smallest absolute Gasteiger partial charge is 0.227 e. The average molecular weight is 580 g/mol. The van der Waals surface area contributed by atoms with E-state index in [0.29, 0.717) is 42.3 Å². The van der Waals surface area contributed by atoms with E-state index >= 15 is 0 Å². The lowest BCUT2D eigenvalue weighted by Crippen LogP contribution is -2.57. The third-order valence-corrected chi connectivity index (χ3v) is 9.59. The van der Waals surface area contributed by atoms with Crippen molar-refractivity contribution in [3.63, 3.8) is 0 Å². The zero-order valence-corrected chi connectivity index (χ0v) is 25.6. The van der Waals surface area contributed by atoms with Crippen molar-refractivity contribution in [3.8, 4) is 0 Å². The molecular weight excluding hydrogens is 538 g/mol. The summed E-state index contributed by atoms with van der Waals surface area (Å²) in [5.74, 6) is 2.64. The molecule has 41 heavy (non-hydrogen) atoms. The molecular formula is C30H41N7O3S. The van der Waals surface area contributed by atoms with Gasteiger partial charge in [0.15, 0.2) is 0 Å². The van der Waals surface area contributed by atoms with Crippen molar-refractivity contribution < 1.29 is 13.2 Å². The van der Waals surface area contributed by atoms with Gasteiger partial charge in [-0.05, 0) is 55.3 Å². The van der Waals surface area contributed by atoms with Crippen LogP contribution in [0.1, 0.15) is 45.6 Å². The number of methoxy groups -OCH3 is 1. The number of piperidine rings is 1. The Balaban J connectivity index is 1.40. The van der Waals surface area contributed by atoms with Crippen molar-refractivity contribution >= 4 is 49.6 Å². The average Bonchev–Trinajstić information content (AvgIpc) is 2.93. The highest BCUT2D eigenvalue weighted by atomic mass is 32.2. The van der Waals surface area contributed by atoms with Crippen LogP contribution in [0, 0.1) is 17.2 Å². The minimum atomic E-state index is -3.02. The fourth-order valence-corrected chi connectivity index (χ4v) is 7.33. The van der Waals surface area contributed by atoms with Gasteiger partial charge in [0.05, 0.1) is 11.9 Å². The molecule has 5 rings (SSSR count). The van der Waals surface area contributed by atoms with Gasteiger partial charge in [-0.15, -0.1) is 0 Å². The first-order valence-electron chi connectivity index (χ1n) is 14.2. The Bertz CT molecular complexity index is 1540. The quantitative estimate of drug-likeness (QED) is 0.349. The predicted molar refractivity (Wildman–Crippen MR) is 166 cm³/mol. The number of sulfone groups is 1. The Morgan fingerprint density at radius 1 is 1.17 bits per heavy atom. The number of nitrogens with zero attached hydrogens (tertiary/aromatic N) is 5. The maximum absolute atomic E-state index is 11.9. The number of pyridine rings is 1. The van der Waals surface area contributed by atoms with Crippen LogP contribution in [0.3, 0.4) is 0 Å². The Labute approximate surface area is 243 Å². The van der Waals surface area contributed by atoms with E-state index in [1.807, 2.05) is 19.2 Å². The third kappa shape index (κ3) is 6.16. The van der Waals surface area contributed by atoms with Crippen LogP contribution in [0.25, 0.3) is 10.8 Å². The molecule has 10 nitrogen and oxygen atoms in total. The molecule has 4 atom stereocenters. The van der Waals surface area contributed by atoms with Crippen molar-refractivity contribution in [2.75, 3.05) is 53.9 Å². The summed E-state index contributed by atoms with van der Waals surface area (Å²) in [6.45, 7) is 10.4. The van der Waals surface area contributed by atoms with Crippen molar-refractivity contribution in [2.24, 2.45) is 11.8 Å². The lowest BCUT2D eigenvalue weighted by molar-refractivity contribution is 0.0600. The van der Waals surface area contributed by atoms with Gasteiger partial charge in [-0.3, -0.25) is 0 Å². The zero-order chi connectivity index (χ0) is 29.5. The summed E-state index contributed by atoms with van der Waals surface area (Å²) in [5.41, 5.74) is 2.92. The van der Waals surface area contributed by atoms with E-state index in [-0.39, 0.29) is 29.7 Å². The lowest BCUT2D eigenvalue weighted by Gasteiger charge is -2.48. The zero-order valence-electron chi connectivity index (χ0n) is 24.8. The molecule has 0 amide bonds. The van der Waals surface area contributed by atoms with Crippen LogP contribution in [-0.2, 0) is 14.6 Å². The molecule has 11 heteroatoms. The van der Waals surface area contributed by atoms with E-state index in [1.165, 1.54) is 11.8 Å². The first kappa shape index (κ1) is 29.2. The molecule has 2 N–H and O–H groups in total. The number of aromatic nitrogens is 3. The Hall–Kier alpha value is -3.31. The van der Waals surface area contributed by atoms with Crippen LogP contribution >= 0.6 is 0 Å². The predicted octanol–water partition coefficient (Wildman–Crippen LogP) is 4.64. The molecule has 0 spiro atoms. The van der Waals surface area contributed by atoms with Crippen LogP contribution < -0.4 is 15.1 Å². The maximum atomic E-state index is 11.9. The van der Waals surface area contributed by atoms with Crippen LogP contribution in [-0.4, -0.2) is 80.0 Å². The minimum absolute atomic E-state index is 0.00977. The molecule has 0 bridgehead atoms. The molecule has 4 heterocycles. The molecule has 220 valence electrons. The number of benzene rings is 1. The molecule has 1 aromatic carbocycles. The highest BCUT2D eigenvalue weighted by Gasteiger charge is 2.38. The highest BCUT2D eigenvalue weighted by molar-refractivity contribution is 7.90. The van der Waals surface area contributed by atoms with E-state index in [4.69, 9.17) is 20.1 Å². The standard InChI is InChI=1S/C30H41N7O3S/c1-18(2)22-7-8-26(37-15-21(20(37)4)17-41(6,38)39)24-14-33-29(13-23(22)24)34-28-9-11-32-30(35-28)36-12-10-27(40-5)25(16-36)19(3)31/h7-9,11,13-14,18,20-21,25,27,31H,10,12,15-17H2,1-6H3,(H,32,33,34,35)/t20-,21-,25+,27-/m1/s1. The van der Waals surface area contributed by atoms with Crippen LogP contribution in [0.15, 0.2) is 36.7 Å². The van der Waals surface area contributed by atoms with E-state index < -0.39 is 9.84 Å². The fraction of sp³-hybridized carbons (Fsp3) is 0.533. The Morgan fingerprint density at radius 3 is 2.61 bits per heavy atom. The number of nitrogens with one attached hydrogen (secondary N) is 2. The number of anilines is 4. The monoisotopic (exact) mass is 579 g/mol. The van der Waals surface area contributed by atoms with Gasteiger partial charge < -0.3 is 25.3 Å². The van der Waals surface area contributed by atoms with Gasteiger partial charge in [0.25, 0.3) is 0 Å². The summed E-state index contributed by atoms with van der Waals surface area (Å²) in [4.78, 5) is 18.5. The van der Waals surface area contributed by atoms with Crippen molar-refractivity contribution in [2.45, 2.75) is 52.2 Å². The summed E-state index contributed by atoms with van der Waals surface area (Å²) in [5, 5.41) is 13.8. The van der Waals surface area contributed by atoms with Gasteiger partial charge in [0, 0.05) is 80.1 Å². The van der Waals surface area contributed by atoms with Crippen LogP contribution in [0.2, 0.25) is 0 Å². The molecule has 0 unspecified atom stereocenters. The van der Waals surface area contributed by atoms with Gasteiger partial charge in [0.1, 0.15) is 21.5 Å². The van der Waals surface area contributed by atoms with Gasteiger partial charge in [-0.1, -0.05) is 19.9 Å². The summed E-state index contributed by atoms with van der Waals surface area (Å²) in [6, 6.07) is 8.37. The summed E-state index contributed by atoms with van der Waals surface area (Å²) < 4.78 is 29.3. The van der Waals surface area contributed by atoms with Crippen molar-refractivity contribution in [3.05, 3.63) is 42.2 Å². The summed E-state index contributed by atoms with van der Waals surface area (Å²) in [6.07, 6.45) is 5.82. The molecule has 2 saturated heterocycles. The second kappa shape index (κ2) is 11.5. The van der Waals surface area contributed by atoms with Crippen LogP contribution in [0.5, 0.6) is 0 Å². The second-order valence-corrected chi connectivity index (χ2v) is 14.0. The summed E-state index contributed by atoms with van der Waals surface area (Å²) >= 11 is 0. The first-order valence-corrected chi connectivity index (χ1v) is 16.3. The molecule has 2 aliphatic heterocycles. The molecule has 3 aromatic rings. The van der Waals surface area contributed by atoms with E-state index in [1.54, 1.807) is 13.3 Å². The number of hydrogen-bond acceptors (Lipinski definition) is 10. The molecule has 0 radical (unpaired) electrons. The highest BCUT2D eigenvalue weighted by Crippen LogP contribution is 2.39. The largest absolute Gasteiger partial charge is 0.381 e. The second-order valence-electron chi connectivity index (χ2n) is 11.9. The number of fused-ring (bicyclic) bond motifs is 1. The molecule has 0 aliphatic carbocycles. The van der Waals surface area contributed by atoms with Gasteiger partial charge in [0.2, 0.25) is 5.95 Å². The van der Waals surface area contributed by atoms with E-state index in [0.717, 1.165) is 29.4 Å². The number of ether oxygens (including phenoxy) is 1. The number of hydrogen-bond donors (Lipinski definition) is 2. The maximum Gasteiger partial charge on any atom is 0.227 e. The third-order valence-electron chi connectivity index (χ3n) is 8.56. The normalized spacial score (nSPS) is 23.1. The summed E-state index contributed by atoms with van der Waals surface area (Å²) in [7, 11) is -1.31. The Kier molecular flexibility index (Phi) is 8.20. The molecule has 2 fully saturated rings. The van der Waals surface area contributed by atoms with Gasteiger partial charge in [-0.25, -0.2) is 18.4 Å². The van der Waals surface area contributed by atoms with E-state index in [2.05, 4.69) is 59.1 Å². The fourth-order valence-electron chi connectivity index (χ4n) is 6.17. The number of rotatable bonds is 9. The lowest BCUT2D eigenvalue weighted by atomic mass is 9.88. The van der Waals surface area contributed by atoms with E-state index in [9.17, 15) is 8.42 Å².